The molecule has 0 aliphatic rings. The van der Waals surface area contributed by atoms with Crippen LogP contribution in [0.5, 0.6) is 0 Å². The normalized spacial score (nSPS) is 11.8. The van der Waals surface area contributed by atoms with Crippen LogP contribution in [0.3, 0.4) is 0 Å². The minimum atomic E-state index is 0.976. The van der Waals surface area contributed by atoms with E-state index in [0.717, 1.165) is 16.8 Å². The number of thiophene rings is 2. The van der Waals surface area contributed by atoms with Gasteiger partial charge in [0.15, 0.2) is 0 Å². The van der Waals surface area contributed by atoms with Crippen LogP contribution >= 0.6 is 22.7 Å². The highest BCUT2D eigenvalue weighted by Gasteiger charge is 2.18. The van der Waals surface area contributed by atoms with Crippen molar-refractivity contribution in [3.63, 3.8) is 0 Å². The van der Waals surface area contributed by atoms with Gasteiger partial charge >= 0.3 is 0 Å². The molecule has 0 atom stereocenters. The number of pyridine rings is 1. The number of rotatable bonds is 4. The number of fused-ring (bicyclic) bond motifs is 9. The SMILES string of the molecule is c1ccc(-c2cc(-c3cc(-c4cccc5c4sc4ccccc45)cc(-c4cccc5c4sc4ccccc45)c3)c3c(ccc4ccccc43)n2)cc1. The van der Waals surface area contributed by atoms with Crippen molar-refractivity contribution < 1.29 is 0 Å². The van der Waals surface area contributed by atoms with Gasteiger partial charge in [0.2, 0.25) is 0 Å². The van der Waals surface area contributed by atoms with Crippen LogP contribution in [0.4, 0.5) is 0 Å². The van der Waals surface area contributed by atoms with Crippen molar-refractivity contribution in [2.24, 2.45) is 0 Å². The molecule has 0 amide bonds. The highest BCUT2D eigenvalue weighted by Crippen LogP contribution is 2.46. The molecule has 0 saturated heterocycles. The summed E-state index contributed by atoms with van der Waals surface area (Å²) in [5, 5.41) is 8.86. The molecule has 11 aromatic rings. The summed E-state index contributed by atoms with van der Waals surface area (Å²) in [5.74, 6) is 0. The molecule has 3 heteroatoms. The average molecular weight is 696 g/mol. The summed E-state index contributed by atoms with van der Waals surface area (Å²) < 4.78 is 5.27. The first kappa shape index (κ1) is 29.6. The van der Waals surface area contributed by atoms with Gasteiger partial charge in [-0.3, -0.25) is 0 Å². The number of benzene rings is 8. The van der Waals surface area contributed by atoms with E-state index in [4.69, 9.17) is 4.98 Å². The first-order chi connectivity index (χ1) is 25.8. The molecule has 0 saturated carbocycles. The van der Waals surface area contributed by atoms with Crippen LogP contribution in [0, 0.1) is 0 Å². The summed E-state index contributed by atoms with van der Waals surface area (Å²) in [6.07, 6.45) is 0. The fraction of sp³-hybridized carbons (Fsp3) is 0. The summed E-state index contributed by atoms with van der Waals surface area (Å²) in [4.78, 5) is 5.28. The van der Waals surface area contributed by atoms with Gasteiger partial charge < -0.3 is 0 Å². The monoisotopic (exact) mass is 695 g/mol. The first-order valence-corrected chi connectivity index (χ1v) is 19.2. The fourth-order valence-electron chi connectivity index (χ4n) is 8.03. The minimum Gasteiger partial charge on any atom is -0.248 e. The molecule has 0 N–H and O–H groups in total. The molecule has 0 aliphatic carbocycles. The lowest BCUT2D eigenvalue weighted by Gasteiger charge is -2.16. The van der Waals surface area contributed by atoms with E-state index in [1.165, 1.54) is 89.9 Å². The Kier molecular flexibility index (Phi) is 6.66. The molecule has 0 spiro atoms. The number of aromatic nitrogens is 1. The largest absolute Gasteiger partial charge is 0.248 e. The molecule has 242 valence electrons. The van der Waals surface area contributed by atoms with Gasteiger partial charge in [-0.25, -0.2) is 4.98 Å². The van der Waals surface area contributed by atoms with Crippen LogP contribution in [0.2, 0.25) is 0 Å². The van der Waals surface area contributed by atoms with E-state index in [0.29, 0.717) is 0 Å². The molecule has 0 unspecified atom stereocenters. The molecule has 0 radical (unpaired) electrons. The van der Waals surface area contributed by atoms with E-state index >= 15 is 0 Å². The van der Waals surface area contributed by atoms with E-state index in [1.54, 1.807) is 0 Å². The van der Waals surface area contributed by atoms with Gasteiger partial charge in [0.1, 0.15) is 0 Å². The molecule has 0 fully saturated rings. The van der Waals surface area contributed by atoms with Crippen molar-refractivity contribution in [2.45, 2.75) is 0 Å². The summed E-state index contributed by atoms with van der Waals surface area (Å²) in [7, 11) is 0. The molecule has 8 aromatic carbocycles. The molecule has 52 heavy (non-hydrogen) atoms. The second-order valence-electron chi connectivity index (χ2n) is 13.5. The predicted molar refractivity (Wildman–Crippen MR) is 227 cm³/mol. The summed E-state index contributed by atoms with van der Waals surface area (Å²) in [6, 6.07) is 64.4. The van der Waals surface area contributed by atoms with Crippen LogP contribution in [-0.2, 0) is 0 Å². The average Bonchev–Trinajstić information content (AvgIpc) is 3.79. The Labute approximate surface area is 308 Å². The Morgan fingerprint density at radius 1 is 0.346 bits per heavy atom. The van der Waals surface area contributed by atoms with Crippen LogP contribution in [0.15, 0.2) is 176 Å². The Bertz CT molecular complexity index is 3050. The lowest BCUT2D eigenvalue weighted by Crippen LogP contribution is -1.93. The van der Waals surface area contributed by atoms with Gasteiger partial charge in [-0.1, -0.05) is 133 Å². The topological polar surface area (TPSA) is 12.9 Å². The first-order valence-electron chi connectivity index (χ1n) is 17.6. The Morgan fingerprint density at radius 2 is 0.865 bits per heavy atom. The molecule has 0 bridgehead atoms. The van der Waals surface area contributed by atoms with Gasteiger partial charge in [0, 0.05) is 51.3 Å². The van der Waals surface area contributed by atoms with Gasteiger partial charge in [-0.2, -0.15) is 0 Å². The van der Waals surface area contributed by atoms with Crippen LogP contribution in [-0.4, -0.2) is 4.98 Å². The third-order valence-electron chi connectivity index (χ3n) is 10.4. The quantitative estimate of drug-likeness (QED) is 0.167. The van der Waals surface area contributed by atoms with Crippen LogP contribution < -0.4 is 0 Å². The zero-order valence-corrected chi connectivity index (χ0v) is 29.6. The number of hydrogen-bond donors (Lipinski definition) is 0. The van der Waals surface area contributed by atoms with Crippen molar-refractivity contribution in [1.82, 2.24) is 4.98 Å². The summed E-state index contributed by atoms with van der Waals surface area (Å²) in [6.45, 7) is 0. The van der Waals surface area contributed by atoms with Gasteiger partial charge in [0.05, 0.1) is 11.2 Å². The highest BCUT2D eigenvalue weighted by molar-refractivity contribution is 7.26. The maximum atomic E-state index is 5.28. The molecular formula is C49H29NS2. The Balaban J connectivity index is 1.26. The second-order valence-corrected chi connectivity index (χ2v) is 15.6. The predicted octanol–water partition coefficient (Wildman–Crippen LogP) is 14.8. The Hall–Kier alpha value is -6.13. The Morgan fingerprint density at radius 3 is 1.50 bits per heavy atom. The molecule has 0 aliphatic heterocycles. The summed E-state index contributed by atoms with van der Waals surface area (Å²) in [5.41, 5.74) is 10.4. The number of hydrogen-bond acceptors (Lipinski definition) is 3. The molecular weight excluding hydrogens is 667 g/mol. The standard InChI is InChI=1S/C49H29NS2/c1-2-13-31(14-3-1)44-29-42(47-35-15-5-4-12-30(35)24-25-43(47)50-44)34-27-32(36-18-10-20-40-38-16-6-8-22-45(38)51-48(36)40)26-33(28-34)37-19-11-21-41-39-17-7-9-23-46(39)52-49(37)41/h1-29H. The van der Waals surface area contributed by atoms with Gasteiger partial charge in [-0.05, 0) is 86.6 Å². The van der Waals surface area contributed by atoms with Crippen molar-refractivity contribution in [2.75, 3.05) is 0 Å². The van der Waals surface area contributed by atoms with E-state index < -0.39 is 0 Å². The molecule has 1 nitrogen and oxygen atoms in total. The van der Waals surface area contributed by atoms with Crippen molar-refractivity contribution in [3.05, 3.63) is 176 Å². The van der Waals surface area contributed by atoms with Crippen LogP contribution in [0.1, 0.15) is 0 Å². The minimum absolute atomic E-state index is 0.976. The third-order valence-corrected chi connectivity index (χ3v) is 12.9. The lowest BCUT2D eigenvalue weighted by molar-refractivity contribution is 1.40. The highest BCUT2D eigenvalue weighted by atomic mass is 32.1. The molecule has 3 aromatic heterocycles. The number of nitrogens with zero attached hydrogens (tertiary/aromatic N) is 1. The smallest absolute Gasteiger partial charge is 0.0722 e. The molecule has 11 rings (SSSR count). The van der Waals surface area contributed by atoms with Gasteiger partial charge in [-0.15, -0.1) is 22.7 Å². The van der Waals surface area contributed by atoms with Crippen molar-refractivity contribution in [1.29, 1.82) is 0 Å². The maximum Gasteiger partial charge on any atom is 0.0722 e. The van der Waals surface area contributed by atoms with E-state index in [1.807, 2.05) is 22.7 Å². The second kappa shape index (κ2) is 11.7. The maximum absolute atomic E-state index is 5.28. The fourth-order valence-corrected chi connectivity index (χ4v) is 10.5. The summed E-state index contributed by atoms with van der Waals surface area (Å²) >= 11 is 3.78. The zero-order chi connectivity index (χ0) is 34.2. The van der Waals surface area contributed by atoms with Crippen molar-refractivity contribution in [3.8, 4) is 44.6 Å². The van der Waals surface area contributed by atoms with E-state index in [2.05, 4.69) is 176 Å². The van der Waals surface area contributed by atoms with Crippen molar-refractivity contribution >= 4 is 84.7 Å². The van der Waals surface area contributed by atoms with E-state index in [-0.39, 0.29) is 0 Å². The van der Waals surface area contributed by atoms with Crippen LogP contribution in [0.25, 0.3) is 107 Å². The lowest BCUT2D eigenvalue weighted by atomic mass is 9.89. The molecule has 3 heterocycles. The zero-order valence-electron chi connectivity index (χ0n) is 28.0. The van der Waals surface area contributed by atoms with E-state index in [9.17, 15) is 0 Å². The third kappa shape index (κ3) is 4.64. The van der Waals surface area contributed by atoms with Gasteiger partial charge in [0.25, 0.3) is 0 Å².